The predicted molar refractivity (Wildman–Crippen MR) is 77.4 cm³/mol. The van der Waals surface area contributed by atoms with Gasteiger partial charge in [-0.25, -0.2) is 0 Å². The lowest BCUT2D eigenvalue weighted by Crippen LogP contribution is -2.54. The zero-order valence-corrected chi connectivity index (χ0v) is 12.1. The molecule has 0 amide bonds. The second-order valence-corrected chi connectivity index (χ2v) is 5.69. The van der Waals surface area contributed by atoms with E-state index in [0.717, 1.165) is 36.1 Å². The number of nitrogens with zero attached hydrogens (tertiary/aromatic N) is 1. The summed E-state index contributed by atoms with van der Waals surface area (Å²) in [6.45, 7) is 3.95. The Morgan fingerprint density at radius 1 is 1.61 bits per heavy atom. The summed E-state index contributed by atoms with van der Waals surface area (Å²) < 4.78 is 1.03. The third-order valence-electron chi connectivity index (χ3n) is 3.67. The lowest BCUT2D eigenvalue weighted by Gasteiger charge is -2.40. The van der Waals surface area contributed by atoms with Crippen molar-refractivity contribution in [3.05, 3.63) is 28.7 Å². The molecular formula is C14H18BrN3. The molecule has 0 radical (unpaired) electrons. The molecule has 1 aromatic carbocycles. The summed E-state index contributed by atoms with van der Waals surface area (Å²) in [5.41, 5.74) is 0.562. The van der Waals surface area contributed by atoms with Gasteiger partial charge in [-0.3, -0.25) is 0 Å². The number of nitriles is 1. The number of piperidine rings is 1. The Labute approximate surface area is 117 Å². The van der Waals surface area contributed by atoms with E-state index in [4.69, 9.17) is 0 Å². The monoisotopic (exact) mass is 307 g/mol. The largest absolute Gasteiger partial charge is 0.367 e. The smallest absolute Gasteiger partial charge is 0.130 e. The van der Waals surface area contributed by atoms with E-state index < -0.39 is 5.54 Å². The molecule has 0 aliphatic carbocycles. The molecule has 1 heterocycles. The molecule has 18 heavy (non-hydrogen) atoms. The fourth-order valence-corrected chi connectivity index (χ4v) is 3.00. The summed E-state index contributed by atoms with van der Waals surface area (Å²) in [7, 11) is 0. The van der Waals surface area contributed by atoms with Gasteiger partial charge >= 0.3 is 0 Å². The normalized spacial score (nSPS) is 27.5. The van der Waals surface area contributed by atoms with Crippen LogP contribution in [0.1, 0.15) is 19.8 Å². The van der Waals surface area contributed by atoms with Crippen LogP contribution in [0.25, 0.3) is 0 Å². The van der Waals surface area contributed by atoms with Gasteiger partial charge in [0.1, 0.15) is 5.54 Å². The minimum atomic E-state index is -0.444. The standard InChI is InChI=1S/C14H18BrN3/c1-2-11-9-17-7-6-14(11,10-16)18-13-5-3-4-12(15)8-13/h3-5,8,11,17-18H,2,6-7,9H2,1H3. The van der Waals surface area contributed by atoms with Crippen molar-refractivity contribution in [1.29, 1.82) is 5.26 Å². The first-order valence-electron chi connectivity index (χ1n) is 6.36. The molecule has 2 rings (SSSR count). The molecule has 2 unspecified atom stereocenters. The van der Waals surface area contributed by atoms with Crippen LogP contribution in [-0.2, 0) is 0 Å². The molecule has 96 valence electrons. The van der Waals surface area contributed by atoms with Crippen molar-refractivity contribution in [2.75, 3.05) is 18.4 Å². The molecule has 0 bridgehead atoms. The van der Waals surface area contributed by atoms with E-state index in [2.05, 4.69) is 39.6 Å². The molecule has 1 aromatic rings. The van der Waals surface area contributed by atoms with Crippen LogP contribution in [0, 0.1) is 17.2 Å². The van der Waals surface area contributed by atoms with E-state index in [0.29, 0.717) is 5.92 Å². The summed E-state index contributed by atoms with van der Waals surface area (Å²) >= 11 is 3.46. The molecule has 3 nitrogen and oxygen atoms in total. The Bertz CT molecular complexity index is 455. The minimum absolute atomic E-state index is 0.343. The summed E-state index contributed by atoms with van der Waals surface area (Å²) in [6, 6.07) is 10.5. The highest BCUT2D eigenvalue weighted by molar-refractivity contribution is 9.10. The van der Waals surface area contributed by atoms with Crippen LogP contribution in [-0.4, -0.2) is 18.6 Å². The molecule has 1 aliphatic rings. The molecule has 1 fully saturated rings. The summed E-state index contributed by atoms with van der Waals surface area (Å²) in [5, 5.41) is 16.4. The Morgan fingerprint density at radius 3 is 3.11 bits per heavy atom. The Kier molecular flexibility index (Phi) is 4.26. The number of nitrogens with one attached hydrogen (secondary N) is 2. The van der Waals surface area contributed by atoms with E-state index in [-0.39, 0.29) is 0 Å². The van der Waals surface area contributed by atoms with E-state index in [1.807, 2.05) is 24.3 Å². The highest BCUT2D eigenvalue weighted by Crippen LogP contribution is 2.31. The number of anilines is 1. The van der Waals surface area contributed by atoms with Gasteiger partial charge in [0.25, 0.3) is 0 Å². The fraction of sp³-hybridized carbons (Fsp3) is 0.500. The maximum Gasteiger partial charge on any atom is 0.130 e. The lowest BCUT2D eigenvalue weighted by atomic mass is 9.78. The van der Waals surface area contributed by atoms with Crippen molar-refractivity contribution in [3.63, 3.8) is 0 Å². The number of hydrogen-bond acceptors (Lipinski definition) is 3. The van der Waals surface area contributed by atoms with Gasteiger partial charge < -0.3 is 10.6 Å². The highest BCUT2D eigenvalue weighted by Gasteiger charge is 2.40. The van der Waals surface area contributed by atoms with Crippen molar-refractivity contribution in [2.24, 2.45) is 5.92 Å². The molecule has 0 spiro atoms. The Balaban J connectivity index is 2.24. The van der Waals surface area contributed by atoms with E-state index in [9.17, 15) is 5.26 Å². The van der Waals surface area contributed by atoms with Crippen molar-refractivity contribution < 1.29 is 0 Å². The van der Waals surface area contributed by atoms with Gasteiger partial charge in [-0.2, -0.15) is 5.26 Å². The summed E-state index contributed by atoms with van der Waals surface area (Å²) in [4.78, 5) is 0. The Morgan fingerprint density at radius 2 is 2.44 bits per heavy atom. The SMILES string of the molecule is CCC1CNCCC1(C#N)Nc1cccc(Br)c1. The third-order valence-corrected chi connectivity index (χ3v) is 4.16. The quantitative estimate of drug-likeness (QED) is 0.902. The number of hydrogen-bond donors (Lipinski definition) is 2. The van der Waals surface area contributed by atoms with Crippen LogP contribution in [0.15, 0.2) is 28.7 Å². The van der Waals surface area contributed by atoms with Crippen LogP contribution in [0.4, 0.5) is 5.69 Å². The first kappa shape index (κ1) is 13.4. The number of rotatable bonds is 3. The van der Waals surface area contributed by atoms with E-state index >= 15 is 0 Å². The molecule has 0 saturated carbocycles. The van der Waals surface area contributed by atoms with Gasteiger partial charge in [-0.05, 0) is 37.6 Å². The fourth-order valence-electron chi connectivity index (χ4n) is 2.60. The zero-order chi connectivity index (χ0) is 13.0. The van der Waals surface area contributed by atoms with Crippen molar-refractivity contribution in [1.82, 2.24) is 5.32 Å². The first-order valence-corrected chi connectivity index (χ1v) is 7.15. The minimum Gasteiger partial charge on any atom is -0.367 e. The van der Waals surface area contributed by atoms with Crippen molar-refractivity contribution >= 4 is 21.6 Å². The average Bonchev–Trinajstić information content (AvgIpc) is 2.39. The molecule has 1 saturated heterocycles. The average molecular weight is 308 g/mol. The van der Waals surface area contributed by atoms with Crippen molar-refractivity contribution in [2.45, 2.75) is 25.3 Å². The van der Waals surface area contributed by atoms with Crippen LogP contribution >= 0.6 is 15.9 Å². The molecule has 4 heteroatoms. The molecule has 2 N–H and O–H groups in total. The number of halogens is 1. The van der Waals surface area contributed by atoms with Crippen LogP contribution < -0.4 is 10.6 Å². The maximum atomic E-state index is 9.62. The third kappa shape index (κ3) is 2.68. The molecular weight excluding hydrogens is 290 g/mol. The molecule has 2 atom stereocenters. The van der Waals surface area contributed by atoms with Gasteiger partial charge in [-0.15, -0.1) is 0 Å². The Hall–Kier alpha value is -1.05. The topological polar surface area (TPSA) is 47.9 Å². The van der Waals surface area contributed by atoms with Gasteiger partial charge in [0.15, 0.2) is 0 Å². The molecule has 0 aromatic heterocycles. The molecule has 1 aliphatic heterocycles. The van der Waals surface area contributed by atoms with E-state index in [1.54, 1.807) is 0 Å². The second kappa shape index (κ2) is 5.73. The van der Waals surface area contributed by atoms with Gasteiger partial charge in [0.2, 0.25) is 0 Å². The second-order valence-electron chi connectivity index (χ2n) is 4.78. The highest BCUT2D eigenvalue weighted by atomic mass is 79.9. The summed E-state index contributed by atoms with van der Waals surface area (Å²) in [6.07, 6.45) is 1.84. The maximum absolute atomic E-state index is 9.62. The van der Waals surface area contributed by atoms with Gasteiger partial charge in [0.05, 0.1) is 6.07 Å². The van der Waals surface area contributed by atoms with E-state index in [1.165, 1.54) is 0 Å². The van der Waals surface area contributed by atoms with Crippen LogP contribution in [0.3, 0.4) is 0 Å². The predicted octanol–water partition coefficient (Wildman–Crippen LogP) is 3.14. The zero-order valence-electron chi connectivity index (χ0n) is 10.5. The summed E-state index contributed by atoms with van der Waals surface area (Å²) in [5.74, 6) is 0.343. The van der Waals surface area contributed by atoms with Gasteiger partial charge in [0, 0.05) is 22.6 Å². The van der Waals surface area contributed by atoms with Crippen molar-refractivity contribution in [3.8, 4) is 6.07 Å². The van der Waals surface area contributed by atoms with Gasteiger partial charge in [-0.1, -0.05) is 28.9 Å². The van der Waals surface area contributed by atoms with Crippen LogP contribution in [0.2, 0.25) is 0 Å². The lowest BCUT2D eigenvalue weighted by molar-refractivity contribution is 0.276. The first-order chi connectivity index (χ1) is 8.70. The number of benzene rings is 1. The van der Waals surface area contributed by atoms with Crippen LogP contribution in [0.5, 0.6) is 0 Å².